The second-order valence-electron chi connectivity index (χ2n) is 4.68. The Morgan fingerprint density at radius 3 is 2.68 bits per heavy atom. The van der Waals surface area contributed by atoms with E-state index in [0.717, 1.165) is 28.7 Å². The molecule has 0 spiro atoms. The summed E-state index contributed by atoms with van der Waals surface area (Å²) in [7, 11) is 2.03. The minimum Gasteiger partial charge on any atom is -0.464 e. The van der Waals surface area contributed by atoms with Crippen LogP contribution in [0.15, 0.2) is 34.7 Å². The molecular formula is C15H19ClN2O. The molecule has 102 valence electrons. The van der Waals surface area contributed by atoms with Crippen molar-refractivity contribution in [2.24, 2.45) is 5.73 Å². The number of hydrogen-bond donors (Lipinski definition) is 1. The quantitative estimate of drug-likeness (QED) is 0.912. The predicted molar refractivity (Wildman–Crippen MR) is 79.8 cm³/mol. The molecule has 0 fully saturated rings. The van der Waals surface area contributed by atoms with Gasteiger partial charge < -0.3 is 15.1 Å². The Hall–Kier alpha value is -1.45. The number of halogens is 1. The largest absolute Gasteiger partial charge is 0.464 e. The molecule has 19 heavy (non-hydrogen) atoms. The lowest BCUT2D eigenvalue weighted by atomic mass is 10.1. The molecule has 0 amide bonds. The third-order valence-electron chi connectivity index (χ3n) is 3.06. The third kappa shape index (κ3) is 3.52. The van der Waals surface area contributed by atoms with Crippen LogP contribution in [0, 0.1) is 6.92 Å². The number of nitrogens with two attached hydrogens (primary N) is 1. The highest BCUT2D eigenvalue weighted by molar-refractivity contribution is 6.30. The van der Waals surface area contributed by atoms with E-state index in [-0.39, 0.29) is 0 Å². The topological polar surface area (TPSA) is 42.4 Å². The lowest BCUT2D eigenvalue weighted by Gasteiger charge is -2.21. The molecule has 0 saturated carbocycles. The summed E-state index contributed by atoms with van der Waals surface area (Å²) in [6.45, 7) is 3.29. The van der Waals surface area contributed by atoms with E-state index in [4.69, 9.17) is 21.8 Å². The van der Waals surface area contributed by atoms with Gasteiger partial charge in [0.25, 0.3) is 0 Å². The average Bonchev–Trinajstić information content (AvgIpc) is 2.77. The molecule has 0 radical (unpaired) electrons. The van der Waals surface area contributed by atoms with Crippen molar-refractivity contribution in [3.05, 3.63) is 52.4 Å². The first kappa shape index (κ1) is 14.0. The van der Waals surface area contributed by atoms with Crippen molar-refractivity contribution in [3.63, 3.8) is 0 Å². The smallest absolute Gasteiger partial charge is 0.123 e. The Kier molecular flexibility index (Phi) is 4.51. The zero-order valence-corrected chi connectivity index (χ0v) is 12.1. The third-order valence-corrected chi connectivity index (χ3v) is 3.30. The van der Waals surface area contributed by atoms with Crippen molar-refractivity contribution in [2.75, 3.05) is 18.5 Å². The van der Waals surface area contributed by atoms with Crippen LogP contribution in [0.25, 0.3) is 0 Å². The molecule has 2 aromatic rings. The molecule has 0 saturated heterocycles. The number of anilines is 1. The SMILES string of the molecule is Cc1ccc(CN(C)c2cc(Cl)ccc2CCN)o1. The minimum absolute atomic E-state index is 0.627. The van der Waals surface area contributed by atoms with Gasteiger partial charge in [0.15, 0.2) is 0 Å². The normalized spacial score (nSPS) is 10.7. The van der Waals surface area contributed by atoms with Crippen LogP contribution in [-0.2, 0) is 13.0 Å². The van der Waals surface area contributed by atoms with Gasteiger partial charge in [-0.1, -0.05) is 17.7 Å². The van der Waals surface area contributed by atoms with E-state index in [0.29, 0.717) is 13.1 Å². The van der Waals surface area contributed by atoms with Gasteiger partial charge in [-0.15, -0.1) is 0 Å². The number of hydrogen-bond acceptors (Lipinski definition) is 3. The maximum atomic E-state index is 6.09. The number of rotatable bonds is 5. The molecule has 0 bridgehead atoms. The van der Waals surface area contributed by atoms with Crippen LogP contribution >= 0.6 is 11.6 Å². The Bertz CT molecular complexity index is 551. The monoisotopic (exact) mass is 278 g/mol. The predicted octanol–water partition coefficient (Wildman–Crippen LogP) is 3.38. The van der Waals surface area contributed by atoms with Crippen LogP contribution in [0.1, 0.15) is 17.1 Å². The number of benzene rings is 1. The molecule has 2 rings (SSSR count). The number of furan rings is 1. The van der Waals surface area contributed by atoms with Crippen LogP contribution in [0.3, 0.4) is 0 Å². The van der Waals surface area contributed by atoms with E-state index in [1.807, 2.05) is 44.3 Å². The summed E-state index contributed by atoms with van der Waals surface area (Å²) in [4.78, 5) is 2.13. The van der Waals surface area contributed by atoms with E-state index in [1.165, 1.54) is 5.56 Å². The summed E-state index contributed by atoms with van der Waals surface area (Å²) in [6.07, 6.45) is 0.841. The van der Waals surface area contributed by atoms with E-state index in [2.05, 4.69) is 4.90 Å². The molecule has 0 aliphatic rings. The fourth-order valence-electron chi connectivity index (χ4n) is 2.15. The van der Waals surface area contributed by atoms with Crippen molar-refractivity contribution in [2.45, 2.75) is 19.9 Å². The molecule has 4 heteroatoms. The molecule has 0 unspecified atom stereocenters. The molecule has 3 nitrogen and oxygen atoms in total. The van der Waals surface area contributed by atoms with E-state index >= 15 is 0 Å². The highest BCUT2D eigenvalue weighted by atomic mass is 35.5. The standard InChI is InChI=1S/C15H19ClN2O/c1-11-3-6-14(19-11)10-18(2)15-9-13(16)5-4-12(15)7-8-17/h3-6,9H,7-8,10,17H2,1-2H3. The van der Waals surface area contributed by atoms with Gasteiger partial charge in [-0.05, 0) is 49.7 Å². The lowest BCUT2D eigenvalue weighted by molar-refractivity contribution is 0.481. The zero-order chi connectivity index (χ0) is 13.8. The fourth-order valence-corrected chi connectivity index (χ4v) is 2.31. The first-order chi connectivity index (χ1) is 9.10. The van der Waals surface area contributed by atoms with Gasteiger partial charge in [-0.25, -0.2) is 0 Å². The second kappa shape index (κ2) is 6.13. The highest BCUT2D eigenvalue weighted by Crippen LogP contribution is 2.26. The Balaban J connectivity index is 2.21. The molecule has 0 atom stereocenters. The van der Waals surface area contributed by atoms with Crippen molar-refractivity contribution in [3.8, 4) is 0 Å². The van der Waals surface area contributed by atoms with Gasteiger partial charge >= 0.3 is 0 Å². The maximum Gasteiger partial charge on any atom is 0.123 e. The van der Waals surface area contributed by atoms with Gasteiger partial charge in [0.2, 0.25) is 0 Å². The second-order valence-corrected chi connectivity index (χ2v) is 5.12. The van der Waals surface area contributed by atoms with Gasteiger partial charge in [0.1, 0.15) is 11.5 Å². The van der Waals surface area contributed by atoms with Crippen molar-refractivity contribution >= 4 is 17.3 Å². The number of aryl methyl sites for hydroxylation is 1. The Morgan fingerprint density at radius 1 is 1.26 bits per heavy atom. The summed E-state index contributed by atoms with van der Waals surface area (Å²) in [5.41, 5.74) is 7.96. The van der Waals surface area contributed by atoms with E-state index < -0.39 is 0 Å². The molecule has 2 N–H and O–H groups in total. The fraction of sp³-hybridized carbons (Fsp3) is 0.333. The van der Waals surface area contributed by atoms with Crippen LogP contribution in [0.2, 0.25) is 5.02 Å². The van der Waals surface area contributed by atoms with Gasteiger partial charge in [-0.3, -0.25) is 0 Å². The summed E-state index contributed by atoms with van der Waals surface area (Å²) in [5, 5.41) is 0.734. The summed E-state index contributed by atoms with van der Waals surface area (Å²) >= 11 is 6.09. The average molecular weight is 279 g/mol. The first-order valence-electron chi connectivity index (χ1n) is 6.35. The van der Waals surface area contributed by atoms with E-state index in [1.54, 1.807) is 0 Å². The summed E-state index contributed by atoms with van der Waals surface area (Å²) in [5.74, 6) is 1.87. The van der Waals surface area contributed by atoms with Crippen LogP contribution < -0.4 is 10.6 Å². The Labute approximate surface area is 119 Å². The lowest BCUT2D eigenvalue weighted by Crippen LogP contribution is -2.18. The first-order valence-corrected chi connectivity index (χ1v) is 6.73. The van der Waals surface area contributed by atoms with Gasteiger partial charge in [0.05, 0.1) is 6.54 Å². The van der Waals surface area contributed by atoms with Gasteiger partial charge in [-0.2, -0.15) is 0 Å². The Morgan fingerprint density at radius 2 is 2.05 bits per heavy atom. The van der Waals surface area contributed by atoms with Crippen molar-refractivity contribution < 1.29 is 4.42 Å². The molecular weight excluding hydrogens is 260 g/mol. The zero-order valence-electron chi connectivity index (χ0n) is 11.3. The number of nitrogens with zero attached hydrogens (tertiary/aromatic N) is 1. The summed E-state index contributed by atoms with van der Waals surface area (Å²) < 4.78 is 5.61. The maximum absolute atomic E-state index is 6.09. The van der Waals surface area contributed by atoms with Crippen LogP contribution in [0.4, 0.5) is 5.69 Å². The molecule has 1 aromatic heterocycles. The van der Waals surface area contributed by atoms with Crippen LogP contribution in [-0.4, -0.2) is 13.6 Å². The minimum atomic E-state index is 0.627. The van der Waals surface area contributed by atoms with Gasteiger partial charge in [0, 0.05) is 17.8 Å². The van der Waals surface area contributed by atoms with Crippen molar-refractivity contribution in [1.82, 2.24) is 0 Å². The van der Waals surface area contributed by atoms with E-state index in [9.17, 15) is 0 Å². The summed E-state index contributed by atoms with van der Waals surface area (Å²) in [6, 6.07) is 9.89. The van der Waals surface area contributed by atoms with Crippen LogP contribution in [0.5, 0.6) is 0 Å². The molecule has 0 aliphatic carbocycles. The van der Waals surface area contributed by atoms with Crippen molar-refractivity contribution in [1.29, 1.82) is 0 Å². The highest BCUT2D eigenvalue weighted by Gasteiger charge is 2.10. The molecule has 1 aromatic carbocycles. The molecule has 1 heterocycles. The molecule has 0 aliphatic heterocycles.